The number of hydrogen-bond donors (Lipinski definition) is 3. The van der Waals surface area contributed by atoms with Gasteiger partial charge < -0.3 is 48.7 Å². The molecule has 6 rings (SSSR count). The number of esters is 4. The Kier molecular flexibility index (Phi) is 12.3. The molecule has 3 unspecified atom stereocenters. The second-order valence-corrected chi connectivity index (χ2v) is 19.7. The molecule has 17 heteroatoms. The lowest BCUT2D eigenvalue weighted by atomic mass is 9.44. The molecular weight excluding hydrogens is 810 g/mol. The Balaban J connectivity index is 1.61. The van der Waals surface area contributed by atoms with E-state index in [2.05, 4.69) is 5.32 Å². The Bertz CT molecular complexity index is 2040. The Morgan fingerprint density at radius 2 is 1.61 bits per heavy atom. The minimum atomic E-state index is -2.34. The number of amides is 1. The maximum atomic E-state index is 15.6. The number of ether oxygens (including phenoxy) is 7. The largest absolute Gasteiger partial charge is 0.509 e. The number of carbonyl (C=O) groups excluding carboxylic acids is 7. The number of benzene rings is 1. The van der Waals surface area contributed by atoms with Crippen molar-refractivity contribution < 1.29 is 76.9 Å². The molecule has 1 amide bonds. The maximum absolute atomic E-state index is 15.6. The first-order chi connectivity index (χ1) is 28.7. The SMILES string of the molecule is CC(=O)O[C@H]1C(=O)[C@@]2(C)[C@H]([C@H](OC(=O)c3ccccc3)C34OC(=O)OC3[C@H](OC(=O)[C@H](O)C(CC(C)C)NC(=O)CC(C)(C)C)C(C)=C1C4(C)C)[C@]1(OC(C)=O)CO[C@@H]1C[C@@H]2O. The highest BCUT2D eigenvalue weighted by atomic mass is 16.8. The predicted octanol–water partition coefficient (Wildman–Crippen LogP) is 3.68. The third kappa shape index (κ3) is 7.67. The Morgan fingerprint density at radius 3 is 2.16 bits per heavy atom. The molecule has 17 nitrogen and oxygen atoms in total. The van der Waals surface area contributed by atoms with Crippen LogP contribution < -0.4 is 5.32 Å². The van der Waals surface area contributed by atoms with Gasteiger partial charge >= 0.3 is 30.0 Å². The van der Waals surface area contributed by atoms with Gasteiger partial charge in [-0.05, 0) is 54.9 Å². The van der Waals surface area contributed by atoms with Gasteiger partial charge in [-0.25, -0.2) is 14.4 Å². The van der Waals surface area contributed by atoms with Crippen molar-refractivity contribution in [2.24, 2.45) is 28.1 Å². The standard InChI is InChI=1S/C45H59NO16/c1-21(2)17-26(46-29(50)19-41(6,7)8)31(51)39(54)58-32-22(3)30-33(57-23(4)47)35(52)43(11)27(49)18-28-44(20-56-28,61-24(5)48)34(43)37(59-38(53)25-15-13-12-14-16-25)45(42(30,9)10)36(32)60-40(55)62-45/h12-16,21,26-28,31-34,36-37,49,51H,17-20H2,1-11H3,(H,46,50)/t26?,27-,28+,31+,32+,33+,34-,36?,37-,43+,44-,45?/m0/s1. The number of aliphatic hydroxyl groups is 2. The van der Waals surface area contributed by atoms with Crippen molar-refractivity contribution in [3.8, 4) is 0 Å². The molecule has 2 saturated carbocycles. The van der Waals surface area contributed by atoms with Crippen LogP contribution in [0.15, 0.2) is 41.5 Å². The first-order valence-electron chi connectivity index (χ1n) is 21.0. The number of nitrogens with one attached hydrogen (secondary N) is 1. The van der Waals surface area contributed by atoms with E-state index in [1.54, 1.807) is 32.0 Å². The lowest BCUT2D eigenvalue weighted by Crippen LogP contribution is -2.83. The summed E-state index contributed by atoms with van der Waals surface area (Å²) in [7, 11) is 0. The monoisotopic (exact) mass is 869 g/mol. The zero-order chi connectivity index (χ0) is 46.1. The molecule has 1 aromatic rings. The summed E-state index contributed by atoms with van der Waals surface area (Å²) in [5.74, 6) is -6.98. The number of hydrogen-bond acceptors (Lipinski definition) is 16. The second kappa shape index (κ2) is 16.4. The Hall–Kier alpha value is -4.87. The van der Waals surface area contributed by atoms with Crippen molar-refractivity contribution in [2.75, 3.05) is 6.61 Å². The molecule has 0 aromatic heterocycles. The van der Waals surface area contributed by atoms with Gasteiger partial charge in [-0.15, -0.1) is 0 Å². The van der Waals surface area contributed by atoms with E-state index in [4.69, 9.17) is 33.2 Å². The molecular formula is C45H59NO16. The van der Waals surface area contributed by atoms with E-state index in [9.17, 15) is 39.0 Å². The fraction of sp³-hybridized carbons (Fsp3) is 0.667. The molecule has 1 aromatic carbocycles. The fourth-order valence-electron chi connectivity index (χ4n) is 10.7. The zero-order valence-corrected chi connectivity index (χ0v) is 37.1. The first-order valence-corrected chi connectivity index (χ1v) is 21.0. The molecule has 2 saturated heterocycles. The van der Waals surface area contributed by atoms with Gasteiger partial charge in [0.1, 0.15) is 6.10 Å². The average Bonchev–Trinajstić information content (AvgIpc) is 3.52. The van der Waals surface area contributed by atoms with Crippen LogP contribution in [0, 0.1) is 28.1 Å². The van der Waals surface area contributed by atoms with Crippen molar-refractivity contribution in [3.05, 3.63) is 47.0 Å². The lowest BCUT2D eigenvalue weighted by molar-refractivity contribution is -0.345. The second-order valence-electron chi connectivity index (χ2n) is 19.7. The molecule has 1 spiro atoms. The molecule has 3 aliphatic carbocycles. The summed E-state index contributed by atoms with van der Waals surface area (Å²) in [5.41, 5.74) is -8.37. The number of carbonyl (C=O) groups is 7. The first kappa shape index (κ1) is 46.6. The average molecular weight is 870 g/mol. The molecule has 0 radical (unpaired) electrons. The molecule has 2 bridgehead atoms. The molecule has 2 heterocycles. The Morgan fingerprint density at radius 1 is 0.968 bits per heavy atom. The minimum absolute atomic E-state index is 0.0297. The van der Waals surface area contributed by atoms with Crippen LogP contribution in [0.25, 0.3) is 0 Å². The number of Topliss-reactive ketones (excluding diaryl/α,β-unsaturated/α-hetero) is 1. The van der Waals surface area contributed by atoms with Gasteiger partial charge in [0.2, 0.25) is 11.5 Å². The maximum Gasteiger partial charge on any atom is 0.509 e. The number of rotatable bonds is 11. The Labute approximate surface area is 360 Å². The third-order valence-corrected chi connectivity index (χ3v) is 13.3. The van der Waals surface area contributed by atoms with Gasteiger partial charge in [-0.1, -0.05) is 66.7 Å². The van der Waals surface area contributed by atoms with Crippen molar-refractivity contribution in [2.45, 2.75) is 155 Å². The highest BCUT2D eigenvalue weighted by molar-refractivity contribution is 5.96. The fourth-order valence-corrected chi connectivity index (χ4v) is 10.7. The molecule has 3 N–H and O–H groups in total. The zero-order valence-electron chi connectivity index (χ0n) is 37.1. The van der Waals surface area contributed by atoms with Crippen LogP contribution in [0.3, 0.4) is 0 Å². The number of aliphatic hydroxyl groups excluding tert-OH is 2. The van der Waals surface area contributed by atoms with Crippen molar-refractivity contribution in [1.82, 2.24) is 5.32 Å². The summed E-state index contributed by atoms with van der Waals surface area (Å²) >= 11 is 0. The lowest BCUT2D eigenvalue weighted by Gasteiger charge is -2.67. The molecule has 62 heavy (non-hydrogen) atoms. The van der Waals surface area contributed by atoms with Crippen LogP contribution in [0.5, 0.6) is 0 Å². The predicted molar refractivity (Wildman–Crippen MR) is 215 cm³/mol. The van der Waals surface area contributed by atoms with E-state index in [-0.39, 0.29) is 48.5 Å². The van der Waals surface area contributed by atoms with Gasteiger partial charge in [-0.3, -0.25) is 19.2 Å². The van der Waals surface area contributed by atoms with Gasteiger partial charge in [0, 0.05) is 32.1 Å². The molecule has 2 aliphatic heterocycles. The van der Waals surface area contributed by atoms with E-state index in [1.807, 2.05) is 34.6 Å². The van der Waals surface area contributed by atoms with E-state index in [1.165, 1.54) is 26.0 Å². The van der Waals surface area contributed by atoms with Gasteiger partial charge in [0.15, 0.2) is 41.9 Å². The summed E-state index contributed by atoms with van der Waals surface area (Å²) in [5, 5.41) is 26.6. The highest BCUT2D eigenvalue weighted by Crippen LogP contribution is 2.67. The van der Waals surface area contributed by atoms with E-state index in [0.29, 0.717) is 0 Å². The smallest absolute Gasteiger partial charge is 0.454 e. The number of fused-ring (bicyclic) bond motifs is 4. The van der Waals surface area contributed by atoms with Crippen LogP contribution in [-0.2, 0) is 57.1 Å². The summed E-state index contributed by atoms with van der Waals surface area (Å²) in [6.07, 6.45) is -13.2. The van der Waals surface area contributed by atoms with E-state index in [0.717, 1.165) is 13.8 Å². The summed E-state index contributed by atoms with van der Waals surface area (Å²) in [6.45, 7) is 17.1. The third-order valence-electron chi connectivity index (χ3n) is 13.3. The van der Waals surface area contributed by atoms with Gasteiger partial charge in [0.05, 0.1) is 35.6 Å². The van der Waals surface area contributed by atoms with Crippen LogP contribution in [0.4, 0.5) is 4.79 Å². The summed E-state index contributed by atoms with van der Waals surface area (Å²) in [4.78, 5) is 97.6. The highest BCUT2D eigenvalue weighted by Gasteiger charge is 2.83. The van der Waals surface area contributed by atoms with Crippen LogP contribution >= 0.6 is 0 Å². The quantitative estimate of drug-likeness (QED) is 0.163. The van der Waals surface area contributed by atoms with Crippen molar-refractivity contribution in [1.29, 1.82) is 0 Å². The molecule has 12 atom stereocenters. The normalized spacial score (nSPS) is 34.3. The van der Waals surface area contributed by atoms with Crippen molar-refractivity contribution >= 4 is 41.7 Å². The van der Waals surface area contributed by atoms with E-state index >= 15 is 4.79 Å². The van der Waals surface area contributed by atoms with Crippen molar-refractivity contribution in [3.63, 3.8) is 0 Å². The van der Waals surface area contributed by atoms with Crippen LogP contribution in [0.1, 0.15) is 106 Å². The number of ketones is 1. The van der Waals surface area contributed by atoms with E-state index < -0.39 is 124 Å². The molecule has 340 valence electrons. The van der Waals surface area contributed by atoms with Gasteiger partial charge in [0.25, 0.3) is 0 Å². The minimum Gasteiger partial charge on any atom is -0.454 e. The van der Waals surface area contributed by atoms with Crippen LogP contribution in [0.2, 0.25) is 0 Å². The van der Waals surface area contributed by atoms with Crippen LogP contribution in [-0.4, -0.2) is 119 Å². The summed E-state index contributed by atoms with van der Waals surface area (Å²) in [6, 6.07) is 6.63. The van der Waals surface area contributed by atoms with Gasteiger partial charge in [-0.2, -0.15) is 0 Å². The molecule has 4 fully saturated rings. The molecule has 5 aliphatic rings. The topological polar surface area (TPSA) is 237 Å². The summed E-state index contributed by atoms with van der Waals surface area (Å²) < 4.78 is 42.9.